The molecule has 0 saturated heterocycles. The van der Waals surface area contributed by atoms with Crippen molar-refractivity contribution in [3.63, 3.8) is 0 Å². The maximum absolute atomic E-state index is 13.3. The lowest BCUT2D eigenvalue weighted by molar-refractivity contribution is -0.136. The van der Waals surface area contributed by atoms with Gasteiger partial charge in [-0.15, -0.1) is 11.8 Å². The number of hydrogen-bond acceptors (Lipinski definition) is 6. The summed E-state index contributed by atoms with van der Waals surface area (Å²) in [7, 11) is 2.72. The molecule has 2 aromatic rings. The van der Waals surface area contributed by atoms with Crippen LogP contribution in [-0.2, 0) is 14.3 Å². The fraction of sp³-hybridized carbons (Fsp3) is 0.182. The zero-order valence-corrected chi connectivity index (χ0v) is 17.4. The van der Waals surface area contributed by atoms with E-state index in [1.54, 1.807) is 36.9 Å². The first-order valence-electron chi connectivity index (χ1n) is 8.78. The Morgan fingerprint density at radius 1 is 1.17 bits per heavy atom. The molecule has 0 fully saturated rings. The maximum Gasteiger partial charge on any atom is 0.340 e. The van der Waals surface area contributed by atoms with Crippen LogP contribution in [0, 0.1) is 0 Å². The lowest BCUT2D eigenvalue weighted by Crippen LogP contribution is -2.24. The first-order chi connectivity index (χ1) is 13.9. The standard InChI is InChI=1S/C22H21NO5S/c1-13-20(22(26)28-3)17(10-14-8-9-18(24)19(11-14)27-2)21(25)23(13)15-6-5-7-16(12-15)29-4/h5-12,24H,1-4H3/b17-10-. The summed E-state index contributed by atoms with van der Waals surface area (Å²) < 4.78 is 10.1. The predicted molar refractivity (Wildman–Crippen MR) is 113 cm³/mol. The van der Waals surface area contributed by atoms with Crippen LogP contribution in [0.15, 0.2) is 64.2 Å². The van der Waals surface area contributed by atoms with Gasteiger partial charge in [0.15, 0.2) is 11.5 Å². The van der Waals surface area contributed by atoms with Crippen LogP contribution in [0.5, 0.6) is 11.5 Å². The molecule has 1 N–H and O–H groups in total. The van der Waals surface area contributed by atoms with E-state index in [0.29, 0.717) is 16.9 Å². The second-order valence-electron chi connectivity index (χ2n) is 6.28. The molecule has 0 spiro atoms. The summed E-state index contributed by atoms with van der Waals surface area (Å²) in [6.45, 7) is 1.72. The van der Waals surface area contributed by atoms with Gasteiger partial charge in [0.2, 0.25) is 0 Å². The highest BCUT2D eigenvalue weighted by Gasteiger charge is 2.38. The van der Waals surface area contributed by atoms with Crippen molar-refractivity contribution in [2.45, 2.75) is 11.8 Å². The molecule has 7 heteroatoms. The van der Waals surface area contributed by atoms with Crippen molar-refractivity contribution < 1.29 is 24.2 Å². The summed E-state index contributed by atoms with van der Waals surface area (Å²) >= 11 is 1.57. The Kier molecular flexibility index (Phi) is 5.98. The number of amides is 1. The minimum atomic E-state index is -0.587. The number of carbonyl (C=O) groups excluding carboxylic acids is 2. The molecule has 150 valence electrons. The summed E-state index contributed by atoms with van der Waals surface area (Å²) in [5, 5.41) is 9.80. The van der Waals surface area contributed by atoms with Gasteiger partial charge in [0.1, 0.15) is 0 Å². The van der Waals surface area contributed by atoms with E-state index in [2.05, 4.69) is 0 Å². The van der Waals surface area contributed by atoms with E-state index >= 15 is 0 Å². The van der Waals surface area contributed by atoms with Crippen molar-refractivity contribution in [1.82, 2.24) is 0 Å². The van der Waals surface area contributed by atoms with Crippen LogP contribution >= 0.6 is 11.8 Å². The number of aromatic hydroxyl groups is 1. The smallest absolute Gasteiger partial charge is 0.340 e. The van der Waals surface area contributed by atoms with E-state index in [9.17, 15) is 14.7 Å². The average molecular weight is 411 g/mol. The molecule has 1 aliphatic rings. The van der Waals surface area contributed by atoms with Gasteiger partial charge in [-0.05, 0) is 55.2 Å². The number of esters is 1. The molecule has 2 aromatic carbocycles. The number of rotatable bonds is 5. The molecule has 3 rings (SSSR count). The van der Waals surface area contributed by atoms with Gasteiger partial charge < -0.3 is 14.6 Å². The highest BCUT2D eigenvalue weighted by molar-refractivity contribution is 7.98. The third-order valence-corrected chi connectivity index (χ3v) is 5.34. The van der Waals surface area contributed by atoms with E-state index in [1.165, 1.54) is 25.2 Å². The summed E-state index contributed by atoms with van der Waals surface area (Å²) in [4.78, 5) is 28.3. The van der Waals surface area contributed by atoms with Gasteiger partial charge in [0.25, 0.3) is 5.91 Å². The fourth-order valence-corrected chi connectivity index (χ4v) is 3.64. The normalized spacial score (nSPS) is 15.2. The van der Waals surface area contributed by atoms with Crippen LogP contribution in [0.4, 0.5) is 5.69 Å². The molecule has 0 aromatic heterocycles. The van der Waals surface area contributed by atoms with E-state index in [4.69, 9.17) is 9.47 Å². The van der Waals surface area contributed by atoms with Crippen molar-refractivity contribution in [2.75, 3.05) is 25.4 Å². The highest BCUT2D eigenvalue weighted by Crippen LogP contribution is 2.37. The number of anilines is 1. The van der Waals surface area contributed by atoms with Gasteiger partial charge in [0.05, 0.1) is 31.1 Å². The molecule has 1 heterocycles. The molecule has 0 radical (unpaired) electrons. The van der Waals surface area contributed by atoms with Gasteiger partial charge in [-0.3, -0.25) is 9.69 Å². The quantitative estimate of drug-likeness (QED) is 0.455. The van der Waals surface area contributed by atoms with Gasteiger partial charge >= 0.3 is 5.97 Å². The first kappa shape index (κ1) is 20.5. The number of phenols is 1. The van der Waals surface area contributed by atoms with E-state index < -0.39 is 5.97 Å². The Balaban J connectivity index is 2.14. The zero-order chi connectivity index (χ0) is 21.1. The van der Waals surface area contributed by atoms with Gasteiger partial charge in [-0.2, -0.15) is 0 Å². The molecule has 0 bridgehead atoms. The summed E-state index contributed by atoms with van der Waals surface area (Å²) in [6.07, 6.45) is 3.55. The topological polar surface area (TPSA) is 76.1 Å². The molecule has 1 amide bonds. The number of hydrogen-bond donors (Lipinski definition) is 1. The van der Waals surface area contributed by atoms with E-state index in [1.807, 2.05) is 30.5 Å². The molecule has 1 aliphatic heterocycles. The number of ether oxygens (including phenoxy) is 2. The summed E-state index contributed by atoms with van der Waals surface area (Å²) in [5.41, 5.74) is 2.21. The zero-order valence-electron chi connectivity index (χ0n) is 16.6. The van der Waals surface area contributed by atoms with Crippen LogP contribution in [0.1, 0.15) is 12.5 Å². The fourth-order valence-electron chi connectivity index (χ4n) is 3.19. The third kappa shape index (κ3) is 3.86. The van der Waals surface area contributed by atoms with Gasteiger partial charge in [-0.25, -0.2) is 4.79 Å². The lowest BCUT2D eigenvalue weighted by Gasteiger charge is -2.18. The first-order valence-corrected chi connectivity index (χ1v) is 10.0. The number of methoxy groups -OCH3 is 2. The van der Waals surface area contributed by atoms with Crippen molar-refractivity contribution >= 4 is 35.4 Å². The van der Waals surface area contributed by atoms with Crippen LogP contribution in [-0.4, -0.2) is 37.5 Å². The molecule has 6 nitrogen and oxygen atoms in total. The Morgan fingerprint density at radius 3 is 2.59 bits per heavy atom. The van der Waals surface area contributed by atoms with Crippen molar-refractivity contribution in [2.24, 2.45) is 0 Å². The maximum atomic E-state index is 13.3. The molecular weight excluding hydrogens is 390 g/mol. The number of thioether (sulfide) groups is 1. The molecule has 0 atom stereocenters. The largest absolute Gasteiger partial charge is 0.504 e. The van der Waals surface area contributed by atoms with Crippen LogP contribution < -0.4 is 9.64 Å². The van der Waals surface area contributed by atoms with Crippen LogP contribution in [0.25, 0.3) is 6.08 Å². The van der Waals surface area contributed by atoms with Gasteiger partial charge in [-0.1, -0.05) is 12.1 Å². The number of allylic oxidation sites excluding steroid dienone is 1. The second kappa shape index (κ2) is 8.45. The highest BCUT2D eigenvalue weighted by atomic mass is 32.2. The molecular formula is C22H21NO5S. The predicted octanol–water partition coefficient (Wildman–Crippen LogP) is 4.00. The SMILES string of the molecule is COC(=O)C1=C(C)N(c2cccc(SC)c2)C(=O)/C1=C\c1ccc(O)c(OC)c1. The van der Waals surface area contributed by atoms with E-state index in [-0.39, 0.29) is 28.6 Å². The molecule has 0 saturated carbocycles. The minimum Gasteiger partial charge on any atom is -0.504 e. The van der Waals surface area contributed by atoms with Crippen LogP contribution in [0.2, 0.25) is 0 Å². The number of phenolic OH excluding ortho intramolecular Hbond substituents is 1. The van der Waals surface area contributed by atoms with Crippen molar-refractivity contribution in [3.8, 4) is 11.5 Å². The third-order valence-electron chi connectivity index (χ3n) is 4.62. The van der Waals surface area contributed by atoms with Crippen molar-refractivity contribution in [1.29, 1.82) is 0 Å². The summed E-state index contributed by atoms with van der Waals surface area (Å²) in [6, 6.07) is 12.2. The van der Waals surface area contributed by atoms with E-state index in [0.717, 1.165) is 4.90 Å². The Hall–Kier alpha value is -3.19. The van der Waals surface area contributed by atoms with Crippen LogP contribution in [0.3, 0.4) is 0 Å². The molecule has 0 unspecified atom stereocenters. The molecule has 29 heavy (non-hydrogen) atoms. The average Bonchev–Trinajstić information content (AvgIpc) is 2.98. The summed E-state index contributed by atoms with van der Waals surface area (Å²) in [5.74, 6) is -0.651. The Morgan fingerprint density at radius 2 is 1.93 bits per heavy atom. The van der Waals surface area contributed by atoms with Gasteiger partial charge in [0, 0.05) is 10.6 Å². The number of carbonyl (C=O) groups is 2. The monoisotopic (exact) mass is 411 g/mol. The molecule has 0 aliphatic carbocycles. The lowest BCUT2D eigenvalue weighted by atomic mass is 10.0. The Bertz CT molecular complexity index is 1040. The minimum absolute atomic E-state index is 0.0113. The second-order valence-corrected chi connectivity index (χ2v) is 7.16. The Labute approximate surface area is 173 Å². The van der Waals surface area contributed by atoms with Crippen molar-refractivity contribution in [3.05, 3.63) is 64.9 Å². The number of nitrogens with zero attached hydrogens (tertiary/aromatic N) is 1. The number of benzene rings is 2.